The Morgan fingerprint density at radius 3 is 3.00 bits per heavy atom. The quantitative estimate of drug-likeness (QED) is 0.873. The van der Waals surface area contributed by atoms with Gasteiger partial charge in [0.2, 0.25) is 0 Å². The molecule has 0 aliphatic carbocycles. The summed E-state index contributed by atoms with van der Waals surface area (Å²) in [4.78, 5) is 24.7. The van der Waals surface area contributed by atoms with Crippen LogP contribution in [0.4, 0.5) is 4.79 Å². The number of piperidine rings is 1. The lowest BCUT2D eigenvalue weighted by Crippen LogP contribution is -2.46. The molecule has 6 nitrogen and oxygen atoms in total. The van der Waals surface area contributed by atoms with E-state index in [2.05, 4.69) is 5.32 Å². The molecule has 1 heterocycles. The number of carbonyl (C=O) groups is 2. The number of hydrogen-bond acceptors (Lipinski definition) is 3. The maximum absolute atomic E-state index is 12.1. The number of urea groups is 1. The largest absolute Gasteiger partial charge is 0.494 e. The molecule has 6 heteroatoms. The van der Waals surface area contributed by atoms with E-state index in [0.29, 0.717) is 26.1 Å². The average molecular weight is 306 g/mol. The van der Waals surface area contributed by atoms with E-state index in [9.17, 15) is 9.59 Å². The molecule has 0 saturated carbocycles. The van der Waals surface area contributed by atoms with Gasteiger partial charge in [-0.2, -0.15) is 0 Å². The van der Waals surface area contributed by atoms with Gasteiger partial charge in [-0.25, -0.2) is 4.79 Å². The molecule has 1 saturated heterocycles. The van der Waals surface area contributed by atoms with E-state index < -0.39 is 11.9 Å². The molecule has 22 heavy (non-hydrogen) atoms. The zero-order valence-electron chi connectivity index (χ0n) is 12.7. The Kier molecular flexibility index (Phi) is 5.63. The van der Waals surface area contributed by atoms with Crippen LogP contribution in [0, 0.1) is 5.92 Å². The molecule has 1 fully saturated rings. The highest BCUT2D eigenvalue weighted by Crippen LogP contribution is 2.17. The van der Waals surface area contributed by atoms with Gasteiger partial charge in [-0.1, -0.05) is 12.1 Å². The number of nitrogens with one attached hydrogen (secondary N) is 1. The van der Waals surface area contributed by atoms with Crippen molar-refractivity contribution in [2.75, 3.05) is 19.7 Å². The molecule has 0 bridgehead atoms. The van der Waals surface area contributed by atoms with Crippen LogP contribution in [0.1, 0.15) is 25.3 Å². The highest BCUT2D eigenvalue weighted by molar-refractivity contribution is 5.76. The van der Waals surface area contributed by atoms with E-state index in [0.717, 1.165) is 17.7 Å². The molecule has 1 aliphatic rings. The lowest BCUT2D eigenvalue weighted by atomic mass is 9.99. The molecule has 0 spiro atoms. The number of carbonyl (C=O) groups excluding carboxylic acids is 1. The van der Waals surface area contributed by atoms with E-state index >= 15 is 0 Å². The van der Waals surface area contributed by atoms with E-state index in [1.54, 1.807) is 4.90 Å². The van der Waals surface area contributed by atoms with Crippen LogP contribution in [0.15, 0.2) is 24.3 Å². The lowest BCUT2D eigenvalue weighted by molar-refractivity contribution is -0.143. The van der Waals surface area contributed by atoms with Crippen molar-refractivity contribution in [2.45, 2.75) is 26.3 Å². The van der Waals surface area contributed by atoms with Crippen molar-refractivity contribution in [3.63, 3.8) is 0 Å². The van der Waals surface area contributed by atoms with Crippen LogP contribution in [-0.4, -0.2) is 41.7 Å². The molecular formula is C16H22N2O4. The van der Waals surface area contributed by atoms with Crippen molar-refractivity contribution >= 4 is 12.0 Å². The van der Waals surface area contributed by atoms with Crippen LogP contribution in [0.5, 0.6) is 5.75 Å². The smallest absolute Gasteiger partial charge is 0.317 e. The number of carboxylic acid groups (broad SMARTS) is 1. The van der Waals surface area contributed by atoms with Crippen molar-refractivity contribution < 1.29 is 19.4 Å². The van der Waals surface area contributed by atoms with Gasteiger partial charge in [0.25, 0.3) is 0 Å². The van der Waals surface area contributed by atoms with E-state index in [1.807, 2.05) is 31.2 Å². The second kappa shape index (κ2) is 7.68. The van der Waals surface area contributed by atoms with Gasteiger partial charge in [-0.3, -0.25) is 4.79 Å². The van der Waals surface area contributed by atoms with Crippen LogP contribution in [0.3, 0.4) is 0 Å². The van der Waals surface area contributed by atoms with Crippen molar-refractivity contribution in [1.29, 1.82) is 0 Å². The minimum atomic E-state index is -0.832. The van der Waals surface area contributed by atoms with Gasteiger partial charge in [0.1, 0.15) is 5.75 Å². The SMILES string of the molecule is CCOc1cccc(CNC(=O)N2CCCC(C(=O)O)C2)c1. The summed E-state index contributed by atoms with van der Waals surface area (Å²) < 4.78 is 5.42. The normalized spacial score (nSPS) is 17.9. The van der Waals surface area contributed by atoms with E-state index in [1.165, 1.54) is 0 Å². The minimum absolute atomic E-state index is 0.215. The van der Waals surface area contributed by atoms with Gasteiger partial charge < -0.3 is 20.1 Å². The van der Waals surface area contributed by atoms with Gasteiger partial charge in [-0.15, -0.1) is 0 Å². The fourth-order valence-corrected chi connectivity index (χ4v) is 2.56. The number of likely N-dealkylation sites (tertiary alicyclic amines) is 1. The molecule has 1 aromatic rings. The lowest BCUT2D eigenvalue weighted by Gasteiger charge is -2.30. The van der Waals surface area contributed by atoms with Crippen LogP contribution in [0.2, 0.25) is 0 Å². The standard InChI is InChI=1S/C16H22N2O4/c1-2-22-14-7-3-5-12(9-14)10-17-16(21)18-8-4-6-13(11-18)15(19)20/h3,5,7,9,13H,2,4,6,8,10-11H2,1H3,(H,17,21)(H,19,20). The number of ether oxygens (including phenoxy) is 1. The second-order valence-electron chi connectivity index (χ2n) is 5.36. The maximum atomic E-state index is 12.1. The first kappa shape index (κ1) is 16.1. The molecule has 1 aliphatic heterocycles. The zero-order valence-corrected chi connectivity index (χ0v) is 12.7. The number of hydrogen-bond donors (Lipinski definition) is 2. The number of carboxylic acids is 1. The monoisotopic (exact) mass is 306 g/mol. The molecule has 1 unspecified atom stereocenters. The minimum Gasteiger partial charge on any atom is -0.494 e. The fourth-order valence-electron chi connectivity index (χ4n) is 2.56. The number of amides is 2. The molecule has 120 valence electrons. The Morgan fingerprint density at radius 2 is 2.27 bits per heavy atom. The van der Waals surface area contributed by atoms with Crippen LogP contribution in [0.25, 0.3) is 0 Å². The summed E-state index contributed by atoms with van der Waals surface area (Å²) in [6, 6.07) is 7.34. The highest BCUT2D eigenvalue weighted by Gasteiger charge is 2.27. The molecular weight excluding hydrogens is 284 g/mol. The Hall–Kier alpha value is -2.24. The Balaban J connectivity index is 1.87. The summed E-state index contributed by atoms with van der Waals surface area (Å²) in [5.41, 5.74) is 0.950. The Labute approximate surface area is 130 Å². The van der Waals surface area contributed by atoms with Crippen LogP contribution >= 0.6 is 0 Å². The summed E-state index contributed by atoms with van der Waals surface area (Å²) in [7, 11) is 0. The molecule has 1 aromatic carbocycles. The Morgan fingerprint density at radius 1 is 1.45 bits per heavy atom. The fraction of sp³-hybridized carbons (Fsp3) is 0.500. The highest BCUT2D eigenvalue weighted by atomic mass is 16.5. The topological polar surface area (TPSA) is 78.9 Å². The molecule has 0 radical (unpaired) electrons. The molecule has 2 amide bonds. The molecule has 2 N–H and O–H groups in total. The summed E-state index contributed by atoms with van der Waals surface area (Å²) in [5, 5.41) is 11.9. The van der Waals surface area contributed by atoms with Gasteiger partial charge in [-0.05, 0) is 37.5 Å². The van der Waals surface area contributed by atoms with Crippen molar-refractivity contribution in [3.8, 4) is 5.75 Å². The molecule has 2 rings (SSSR count). The second-order valence-corrected chi connectivity index (χ2v) is 5.36. The summed E-state index contributed by atoms with van der Waals surface area (Å²) >= 11 is 0. The number of rotatable bonds is 5. The average Bonchev–Trinajstić information content (AvgIpc) is 2.53. The van der Waals surface area contributed by atoms with Crippen molar-refractivity contribution in [2.24, 2.45) is 5.92 Å². The summed E-state index contributed by atoms with van der Waals surface area (Å²) in [6.45, 7) is 3.80. The summed E-state index contributed by atoms with van der Waals surface area (Å²) in [5.74, 6) is -0.513. The van der Waals surface area contributed by atoms with E-state index in [-0.39, 0.29) is 12.6 Å². The first-order valence-electron chi connectivity index (χ1n) is 7.57. The third-order valence-electron chi connectivity index (χ3n) is 3.71. The van der Waals surface area contributed by atoms with E-state index in [4.69, 9.17) is 9.84 Å². The summed E-state index contributed by atoms with van der Waals surface area (Å²) in [6.07, 6.45) is 1.36. The third-order valence-corrected chi connectivity index (χ3v) is 3.71. The van der Waals surface area contributed by atoms with Crippen molar-refractivity contribution in [3.05, 3.63) is 29.8 Å². The first-order valence-corrected chi connectivity index (χ1v) is 7.57. The number of nitrogens with zero attached hydrogens (tertiary/aromatic N) is 1. The van der Waals surface area contributed by atoms with Gasteiger partial charge in [0, 0.05) is 19.6 Å². The Bertz CT molecular complexity index is 533. The molecule has 1 atom stereocenters. The van der Waals surface area contributed by atoms with Gasteiger partial charge in [0.15, 0.2) is 0 Å². The molecule has 0 aromatic heterocycles. The third kappa shape index (κ3) is 4.38. The maximum Gasteiger partial charge on any atom is 0.317 e. The predicted molar refractivity (Wildman–Crippen MR) is 81.8 cm³/mol. The van der Waals surface area contributed by atoms with Crippen LogP contribution in [-0.2, 0) is 11.3 Å². The van der Waals surface area contributed by atoms with Crippen molar-refractivity contribution in [1.82, 2.24) is 10.2 Å². The predicted octanol–water partition coefficient (Wildman–Crippen LogP) is 2.09. The van der Waals surface area contributed by atoms with Gasteiger partial charge >= 0.3 is 12.0 Å². The number of benzene rings is 1. The first-order chi connectivity index (χ1) is 10.6. The van der Waals surface area contributed by atoms with Gasteiger partial charge in [0.05, 0.1) is 12.5 Å². The number of aliphatic carboxylic acids is 1. The van der Waals surface area contributed by atoms with Crippen LogP contribution < -0.4 is 10.1 Å². The zero-order chi connectivity index (χ0) is 15.9.